The fraction of sp³-hybridized carbons (Fsp3) is 0.429. The van der Waals surface area contributed by atoms with Crippen LogP contribution < -0.4 is 5.32 Å². The predicted octanol–water partition coefficient (Wildman–Crippen LogP) is 2.29. The standard InChI is InChI=1S/C7H13NS/c1-5(2)7(9)8-6(3)4/h8-9H,3H2,1-2,4H3. The van der Waals surface area contributed by atoms with E-state index in [9.17, 15) is 0 Å². The van der Waals surface area contributed by atoms with E-state index in [2.05, 4.69) is 24.5 Å². The Kier molecular flexibility index (Phi) is 3.47. The van der Waals surface area contributed by atoms with Crippen molar-refractivity contribution in [2.75, 3.05) is 0 Å². The molecule has 0 atom stereocenters. The maximum absolute atomic E-state index is 4.17. The zero-order valence-electron chi connectivity index (χ0n) is 6.15. The molecule has 0 aliphatic rings. The highest BCUT2D eigenvalue weighted by molar-refractivity contribution is 7.84. The van der Waals surface area contributed by atoms with E-state index in [4.69, 9.17) is 0 Å². The highest BCUT2D eigenvalue weighted by Gasteiger charge is 1.89. The maximum atomic E-state index is 4.17. The molecule has 0 aromatic rings. The van der Waals surface area contributed by atoms with Crippen LogP contribution in [0.2, 0.25) is 0 Å². The Hall–Kier alpha value is -0.370. The van der Waals surface area contributed by atoms with Gasteiger partial charge in [-0.15, -0.1) is 12.6 Å². The maximum Gasteiger partial charge on any atom is 0.0678 e. The number of nitrogens with one attached hydrogen (secondary N) is 1. The second-order valence-corrected chi connectivity index (χ2v) is 2.70. The number of hydrogen-bond acceptors (Lipinski definition) is 2. The van der Waals surface area contributed by atoms with Crippen LogP contribution in [-0.4, -0.2) is 0 Å². The second kappa shape index (κ2) is 3.62. The van der Waals surface area contributed by atoms with Gasteiger partial charge in [-0.05, 0) is 26.3 Å². The molecule has 0 radical (unpaired) electrons. The van der Waals surface area contributed by atoms with E-state index >= 15 is 0 Å². The van der Waals surface area contributed by atoms with Gasteiger partial charge in [0.15, 0.2) is 0 Å². The number of thiol groups is 1. The quantitative estimate of drug-likeness (QED) is 0.565. The van der Waals surface area contributed by atoms with Crippen LogP contribution in [-0.2, 0) is 0 Å². The predicted molar refractivity (Wildman–Crippen MR) is 45.3 cm³/mol. The first kappa shape index (κ1) is 8.63. The van der Waals surface area contributed by atoms with Crippen molar-refractivity contribution >= 4 is 12.6 Å². The van der Waals surface area contributed by atoms with Gasteiger partial charge in [-0.2, -0.15) is 0 Å². The average molecular weight is 143 g/mol. The van der Waals surface area contributed by atoms with Crippen LogP contribution in [0.25, 0.3) is 0 Å². The molecule has 0 saturated carbocycles. The topological polar surface area (TPSA) is 12.0 Å². The minimum atomic E-state index is 0.891. The van der Waals surface area contributed by atoms with Crippen LogP contribution in [0.5, 0.6) is 0 Å². The monoisotopic (exact) mass is 143 g/mol. The summed E-state index contributed by atoms with van der Waals surface area (Å²) in [5.41, 5.74) is 2.09. The summed E-state index contributed by atoms with van der Waals surface area (Å²) in [6.45, 7) is 9.58. The highest BCUT2D eigenvalue weighted by atomic mass is 32.1. The zero-order chi connectivity index (χ0) is 7.44. The molecule has 1 N–H and O–H groups in total. The van der Waals surface area contributed by atoms with E-state index in [1.165, 1.54) is 5.57 Å². The van der Waals surface area contributed by atoms with Crippen molar-refractivity contribution in [1.29, 1.82) is 0 Å². The molecule has 0 fully saturated rings. The summed E-state index contributed by atoms with van der Waals surface area (Å²) in [5, 5.41) is 3.88. The molecule has 0 saturated heterocycles. The normalized spacial score (nSPS) is 8.44. The van der Waals surface area contributed by atoms with Gasteiger partial charge in [0.05, 0.1) is 5.03 Å². The van der Waals surface area contributed by atoms with Crippen molar-refractivity contribution in [3.63, 3.8) is 0 Å². The molecule has 0 aliphatic carbocycles. The van der Waals surface area contributed by atoms with Crippen molar-refractivity contribution in [3.8, 4) is 0 Å². The summed E-state index contributed by atoms with van der Waals surface area (Å²) >= 11 is 4.17. The highest BCUT2D eigenvalue weighted by Crippen LogP contribution is 2.04. The van der Waals surface area contributed by atoms with Gasteiger partial charge < -0.3 is 5.32 Å². The Labute approximate surface area is 62.3 Å². The van der Waals surface area contributed by atoms with E-state index in [1.807, 2.05) is 20.8 Å². The van der Waals surface area contributed by atoms with Gasteiger partial charge in [0, 0.05) is 5.70 Å². The van der Waals surface area contributed by atoms with E-state index in [-0.39, 0.29) is 0 Å². The van der Waals surface area contributed by atoms with Crippen LogP contribution in [0, 0.1) is 0 Å². The van der Waals surface area contributed by atoms with Crippen LogP contribution in [0.1, 0.15) is 20.8 Å². The van der Waals surface area contributed by atoms with Crippen molar-refractivity contribution in [2.45, 2.75) is 20.8 Å². The molecule has 1 nitrogen and oxygen atoms in total. The molecule has 52 valence electrons. The van der Waals surface area contributed by atoms with E-state index in [0.29, 0.717) is 0 Å². The first-order chi connectivity index (χ1) is 4.04. The van der Waals surface area contributed by atoms with Crippen LogP contribution in [0.15, 0.2) is 22.9 Å². The summed E-state index contributed by atoms with van der Waals surface area (Å²) in [4.78, 5) is 0. The SMILES string of the molecule is C=C(C)NC(S)=C(C)C. The molecule has 2 heteroatoms. The third kappa shape index (κ3) is 4.15. The summed E-state index contributed by atoms with van der Waals surface area (Å²) in [6, 6.07) is 0. The molecule has 0 amide bonds. The third-order valence-corrected chi connectivity index (χ3v) is 1.36. The van der Waals surface area contributed by atoms with Crippen molar-refractivity contribution in [3.05, 3.63) is 22.9 Å². The Morgan fingerprint density at radius 1 is 1.33 bits per heavy atom. The number of hydrogen-bond donors (Lipinski definition) is 2. The lowest BCUT2D eigenvalue weighted by molar-refractivity contribution is 1.03. The van der Waals surface area contributed by atoms with Gasteiger partial charge in [0.2, 0.25) is 0 Å². The number of rotatable bonds is 2. The van der Waals surface area contributed by atoms with Gasteiger partial charge in [-0.3, -0.25) is 0 Å². The van der Waals surface area contributed by atoms with Crippen LogP contribution in [0.3, 0.4) is 0 Å². The molecule has 0 heterocycles. The lowest BCUT2D eigenvalue weighted by Crippen LogP contribution is -2.05. The molecule has 0 bridgehead atoms. The van der Waals surface area contributed by atoms with E-state index < -0.39 is 0 Å². The Morgan fingerprint density at radius 3 is 1.89 bits per heavy atom. The molecule has 0 unspecified atom stereocenters. The Morgan fingerprint density at radius 2 is 1.78 bits per heavy atom. The second-order valence-electron chi connectivity index (χ2n) is 2.25. The molecular formula is C7H13NS. The molecule has 9 heavy (non-hydrogen) atoms. The van der Waals surface area contributed by atoms with Gasteiger partial charge >= 0.3 is 0 Å². The first-order valence-corrected chi connectivity index (χ1v) is 3.27. The smallest absolute Gasteiger partial charge is 0.0678 e. The minimum absolute atomic E-state index is 0.891. The van der Waals surface area contributed by atoms with E-state index in [0.717, 1.165) is 10.7 Å². The zero-order valence-corrected chi connectivity index (χ0v) is 7.05. The average Bonchev–Trinajstić information content (AvgIpc) is 1.63. The lowest BCUT2D eigenvalue weighted by atomic mass is 10.4. The molecular weight excluding hydrogens is 130 g/mol. The van der Waals surface area contributed by atoms with E-state index in [1.54, 1.807) is 0 Å². The molecule has 0 rings (SSSR count). The Bertz CT molecular complexity index is 143. The van der Waals surface area contributed by atoms with Gasteiger partial charge in [-0.25, -0.2) is 0 Å². The van der Waals surface area contributed by atoms with Gasteiger partial charge in [-0.1, -0.05) is 6.58 Å². The summed E-state index contributed by atoms with van der Waals surface area (Å²) in [6.07, 6.45) is 0. The summed E-state index contributed by atoms with van der Waals surface area (Å²) < 4.78 is 0. The molecule has 0 spiro atoms. The molecule has 0 aromatic heterocycles. The fourth-order valence-electron chi connectivity index (χ4n) is 0.327. The first-order valence-electron chi connectivity index (χ1n) is 2.83. The van der Waals surface area contributed by atoms with Crippen molar-refractivity contribution in [2.24, 2.45) is 0 Å². The van der Waals surface area contributed by atoms with Crippen LogP contribution in [0.4, 0.5) is 0 Å². The summed E-state index contributed by atoms with van der Waals surface area (Å²) in [5.74, 6) is 0. The fourth-order valence-corrected chi connectivity index (χ4v) is 0.518. The lowest BCUT2D eigenvalue weighted by Gasteiger charge is -2.04. The third-order valence-electron chi connectivity index (χ3n) is 0.805. The Balaban J connectivity index is 3.92. The minimum Gasteiger partial charge on any atom is -0.355 e. The molecule has 0 aromatic carbocycles. The summed E-state index contributed by atoms with van der Waals surface area (Å²) in [7, 11) is 0. The van der Waals surface area contributed by atoms with Crippen molar-refractivity contribution < 1.29 is 0 Å². The largest absolute Gasteiger partial charge is 0.355 e. The van der Waals surface area contributed by atoms with Crippen LogP contribution >= 0.6 is 12.6 Å². The van der Waals surface area contributed by atoms with Gasteiger partial charge in [0.1, 0.15) is 0 Å². The molecule has 0 aliphatic heterocycles. The van der Waals surface area contributed by atoms with Gasteiger partial charge in [0.25, 0.3) is 0 Å². The number of allylic oxidation sites excluding steroid dienone is 2. The van der Waals surface area contributed by atoms with Crippen molar-refractivity contribution in [1.82, 2.24) is 5.32 Å².